The fourth-order valence-electron chi connectivity index (χ4n) is 4.17. The van der Waals surface area contributed by atoms with Crippen LogP contribution in [0.2, 0.25) is 0 Å². The van der Waals surface area contributed by atoms with Crippen LogP contribution in [-0.4, -0.2) is 54.6 Å². The van der Waals surface area contributed by atoms with Crippen molar-refractivity contribution in [3.05, 3.63) is 23.3 Å². The molecule has 1 aliphatic heterocycles. The molecule has 0 amide bonds. The number of nitrogens with one attached hydrogen (secondary N) is 1. The van der Waals surface area contributed by atoms with Crippen molar-refractivity contribution in [3.8, 4) is 0 Å². The Morgan fingerprint density at radius 3 is 2.69 bits per heavy atom. The fraction of sp³-hybridized carbons (Fsp3) is 0.778. The molecule has 0 bridgehead atoms. The number of rotatable bonds is 6. The quantitative estimate of drug-likeness (QED) is 0.852. The largest absolute Gasteiger partial charge is 0.380 e. The summed E-state index contributed by atoms with van der Waals surface area (Å²) in [6, 6.07) is 0.198. The summed E-state index contributed by atoms with van der Waals surface area (Å²) in [6.07, 6.45) is 7.38. The average molecular weight is 357 g/mol. The van der Waals surface area contributed by atoms with Crippen molar-refractivity contribution < 1.29 is 4.74 Å². The molecule has 0 unspecified atom stereocenters. The van der Waals surface area contributed by atoms with Crippen LogP contribution in [0, 0.1) is 0 Å². The van der Waals surface area contributed by atoms with Crippen LogP contribution in [-0.2, 0) is 18.3 Å². The summed E-state index contributed by atoms with van der Waals surface area (Å²) in [6.45, 7) is 1.65. The van der Waals surface area contributed by atoms with Crippen LogP contribution in [0.25, 0.3) is 0 Å². The number of methoxy groups -OCH3 is 1. The fourth-order valence-corrected chi connectivity index (χ4v) is 4.17. The lowest BCUT2D eigenvalue weighted by atomic mass is 9.85. The van der Waals surface area contributed by atoms with Crippen LogP contribution < -0.4 is 0 Å². The van der Waals surface area contributed by atoms with E-state index in [9.17, 15) is 0 Å². The molecule has 3 heterocycles. The van der Waals surface area contributed by atoms with Gasteiger partial charge in [0.25, 0.3) is 0 Å². The number of H-pyrrole nitrogens is 1. The molecule has 8 heteroatoms. The highest BCUT2D eigenvalue weighted by molar-refractivity contribution is 5.10. The lowest BCUT2D eigenvalue weighted by Gasteiger charge is -2.25. The summed E-state index contributed by atoms with van der Waals surface area (Å²) in [5.41, 5.74) is 0. The molecule has 2 saturated carbocycles. The zero-order valence-electron chi connectivity index (χ0n) is 15.6. The van der Waals surface area contributed by atoms with Crippen LogP contribution >= 0.6 is 0 Å². The number of hydrogen-bond acceptors (Lipinski definition) is 6. The molecule has 0 radical (unpaired) electrons. The topological polar surface area (TPSA) is 84.8 Å². The highest BCUT2D eigenvalue weighted by Gasteiger charge is 2.37. The van der Waals surface area contributed by atoms with Crippen molar-refractivity contribution >= 4 is 0 Å². The number of ether oxygens (including phenoxy) is 1. The van der Waals surface area contributed by atoms with E-state index in [2.05, 4.69) is 36.9 Å². The summed E-state index contributed by atoms with van der Waals surface area (Å²) in [7, 11) is 3.89. The maximum Gasteiger partial charge on any atom is 0.153 e. The van der Waals surface area contributed by atoms with E-state index in [1.807, 2.05) is 0 Å². The summed E-state index contributed by atoms with van der Waals surface area (Å²) < 4.78 is 7.84. The van der Waals surface area contributed by atoms with Gasteiger partial charge in [-0.1, -0.05) is 6.42 Å². The van der Waals surface area contributed by atoms with Crippen LogP contribution in [0.15, 0.2) is 0 Å². The van der Waals surface area contributed by atoms with E-state index in [-0.39, 0.29) is 12.1 Å². The smallest absolute Gasteiger partial charge is 0.153 e. The molecule has 0 spiro atoms. The predicted molar refractivity (Wildman–Crippen MR) is 94.5 cm³/mol. The molecular formula is C18H27N7O. The van der Waals surface area contributed by atoms with Gasteiger partial charge in [0.15, 0.2) is 5.82 Å². The zero-order valence-corrected chi connectivity index (χ0v) is 15.6. The van der Waals surface area contributed by atoms with E-state index < -0.39 is 0 Å². The molecule has 2 aliphatic carbocycles. The Kier molecular flexibility index (Phi) is 4.04. The minimum Gasteiger partial charge on any atom is -0.380 e. The molecule has 1 saturated heterocycles. The maximum atomic E-state index is 5.65. The molecule has 8 nitrogen and oxygen atoms in total. The monoisotopic (exact) mass is 357 g/mol. The van der Waals surface area contributed by atoms with Gasteiger partial charge >= 0.3 is 0 Å². The van der Waals surface area contributed by atoms with Gasteiger partial charge in [0.1, 0.15) is 17.5 Å². The van der Waals surface area contributed by atoms with Crippen LogP contribution in [0.4, 0.5) is 0 Å². The Morgan fingerprint density at radius 2 is 2.00 bits per heavy atom. The molecule has 140 valence electrons. The first kappa shape index (κ1) is 16.4. The van der Waals surface area contributed by atoms with Gasteiger partial charge in [0.05, 0.1) is 18.7 Å². The Morgan fingerprint density at radius 1 is 1.15 bits per heavy atom. The second-order valence-electron chi connectivity index (χ2n) is 8.05. The van der Waals surface area contributed by atoms with Gasteiger partial charge in [0, 0.05) is 32.5 Å². The van der Waals surface area contributed by atoms with Crippen molar-refractivity contribution in [1.29, 1.82) is 0 Å². The van der Waals surface area contributed by atoms with Crippen LogP contribution in [0.5, 0.6) is 0 Å². The second kappa shape index (κ2) is 6.42. The first-order chi connectivity index (χ1) is 12.7. The lowest BCUT2D eigenvalue weighted by Crippen LogP contribution is -2.27. The van der Waals surface area contributed by atoms with E-state index in [4.69, 9.17) is 9.72 Å². The van der Waals surface area contributed by atoms with Crippen molar-refractivity contribution in [3.63, 3.8) is 0 Å². The lowest BCUT2D eigenvalue weighted by molar-refractivity contribution is 0.106. The van der Waals surface area contributed by atoms with E-state index in [0.717, 1.165) is 42.8 Å². The Hall–Kier alpha value is -1.80. The second-order valence-corrected chi connectivity index (χ2v) is 8.05. The normalized spacial score (nSPS) is 27.2. The van der Waals surface area contributed by atoms with Gasteiger partial charge in [-0.2, -0.15) is 5.10 Å². The first-order valence-corrected chi connectivity index (χ1v) is 9.80. The van der Waals surface area contributed by atoms with Gasteiger partial charge in [-0.25, -0.2) is 4.98 Å². The average Bonchev–Trinajstić information content (AvgIpc) is 3.04. The summed E-state index contributed by atoms with van der Waals surface area (Å²) in [5.74, 6) is 5.27. The third-order valence-corrected chi connectivity index (χ3v) is 6.29. The zero-order chi connectivity index (χ0) is 17.7. The SMILES string of the molecule is CO[C@@H]1C[C@@H](c2nc(C3CC3)n[nH]2)N(Cc2nnc(C3CCC3)n2C)C1. The summed E-state index contributed by atoms with van der Waals surface area (Å²) in [5, 5.41) is 16.6. The molecule has 2 aromatic rings. The molecule has 26 heavy (non-hydrogen) atoms. The molecule has 3 aliphatic rings. The molecule has 1 N–H and O–H groups in total. The summed E-state index contributed by atoms with van der Waals surface area (Å²) >= 11 is 0. The van der Waals surface area contributed by atoms with Gasteiger partial charge in [-0.15, -0.1) is 10.2 Å². The molecule has 5 rings (SSSR count). The number of aromatic nitrogens is 6. The summed E-state index contributed by atoms with van der Waals surface area (Å²) in [4.78, 5) is 7.19. The number of aromatic amines is 1. The van der Waals surface area contributed by atoms with Crippen molar-refractivity contribution in [2.45, 2.75) is 69.1 Å². The molecule has 2 atom stereocenters. The number of hydrogen-bond donors (Lipinski definition) is 1. The van der Waals surface area contributed by atoms with Crippen molar-refractivity contribution in [1.82, 2.24) is 34.8 Å². The molecule has 2 aromatic heterocycles. The number of nitrogens with zero attached hydrogens (tertiary/aromatic N) is 6. The molecule has 0 aromatic carbocycles. The third-order valence-electron chi connectivity index (χ3n) is 6.29. The Balaban J connectivity index is 1.36. The van der Waals surface area contributed by atoms with E-state index in [0.29, 0.717) is 11.8 Å². The predicted octanol–water partition coefficient (Wildman–Crippen LogP) is 2.04. The Labute approximate surface area is 153 Å². The van der Waals surface area contributed by atoms with E-state index in [1.165, 1.54) is 32.1 Å². The van der Waals surface area contributed by atoms with Crippen molar-refractivity contribution in [2.24, 2.45) is 7.05 Å². The Bertz CT molecular complexity index is 776. The van der Waals surface area contributed by atoms with Gasteiger partial charge < -0.3 is 9.30 Å². The first-order valence-electron chi connectivity index (χ1n) is 9.80. The van der Waals surface area contributed by atoms with Crippen molar-refractivity contribution in [2.75, 3.05) is 13.7 Å². The minimum absolute atomic E-state index is 0.198. The van der Waals surface area contributed by atoms with Gasteiger partial charge in [0.2, 0.25) is 0 Å². The van der Waals surface area contributed by atoms with E-state index >= 15 is 0 Å². The van der Waals surface area contributed by atoms with E-state index in [1.54, 1.807) is 7.11 Å². The van der Waals surface area contributed by atoms with Crippen LogP contribution in [0.3, 0.4) is 0 Å². The molecule has 3 fully saturated rings. The third kappa shape index (κ3) is 2.85. The minimum atomic E-state index is 0.198. The van der Waals surface area contributed by atoms with Crippen LogP contribution in [0.1, 0.15) is 79.7 Å². The van der Waals surface area contributed by atoms with Gasteiger partial charge in [-0.05, 0) is 32.1 Å². The highest BCUT2D eigenvalue weighted by atomic mass is 16.5. The van der Waals surface area contributed by atoms with Gasteiger partial charge in [-0.3, -0.25) is 10.00 Å². The maximum absolute atomic E-state index is 5.65. The molecular weight excluding hydrogens is 330 g/mol. The highest BCUT2D eigenvalue weighted by Crippen LogP contribution is 2.40. The number of likely N-dealkylation sites (tertiary alicyclic amines) is 1. The standard InChI is InChI=1S/C18H27N7O/c1-24-15(20-23-18(24)12-4-3-5-12)10-25-9-13(26-2)8-14(25)17-19-16(21-22-17)11-6-7-11/h11-14H,3-10H2,1-2H3,(H,19,21,22)/t13-,14+/m1/s1.